The molecule has 94 valence electrons. The lowest BCUT2D eigenvalue weighted by atomic mass is 10.0. The first-order valence-corrected chi connectivity index (χ1v) is 6.72. The zero-order valence-electron chi connectivity index (χ0n) is 10.7. The van der Waals surface area contributed by atoms with Gasteiger partial charge in [-0.3, -0.25) is 4.90 Å². The monoisotopic (exact) mass is 233 g/mol. The van der Waals surface area contributed by atoms with Gasteiger partial charge in [0.1, 0.15) is 0 Å². The normalized spacial score (nSPS) is 22.8. The molecule has 1 aromatic rings. The molecule has 0 aliphatic carbocycles. The van der Waals surface area contributed by atoms with E-state index in [1.165, 1.54) is 18.4 Å². The van der Waals surface area contributed by atoms with Crippen LogP contribution in [0, 0.1) is 0 Å². The summed E-state index contributed by atoms with van der Waals surface area (Å²) in [5, 5.41) is 9.33. The Labute approximate surface area is 104 Å². The average Bonchev–Trinajstić information content (AvgIpc) is 2.85. The molecule has 2 rings (SSSR count). The highest BCUT2D eigenvalue weighted by Crippen LogP contribution is 2.21. The predicted octanol–water partition coefficient (Wildman–Crippen LogP) is 2.46. The third-order valence-electron chi connectivity index (χ3n) is 3.89. The summed E-state index contributed by atoms with van der Waals surface area (Å²) < 4.78 is 0. The molecule has 0 radical (unpaired) electrons. The summed E-state index contributed by atoms with van der Waals surface area (Å²) in [5.74, 6) is 0. The molecular weight excluding hydrogens is 210 g/mol. The van der Waals surface area contributed by atoms with Crippen LogP contribution in [0.15, 0.2) is 30.3 Å². The van der Waals surface area contributed by atoms with E-state index in [2.05, 4.69) is 42.2 Å². The van der Waals surface area contributed by atoms with Crippen molar-refractivity contribution in [2.24, 2.45) is 0 Å². The SMILES string of the molecule is C[C@H](CCc1ccccc1)N1CCC[C@@H]1CO. The summed E-state index contributed by atoms with van der Waals surface area (Å²) in [5.41, 5.74) is 1.42. The van der Waals surface area contributed by atoms with Crippen LogP contribution in [0.4, 0.5) is 0 Å². The molecule has 1 saturated heterocycles. The van der Waals surface area contributed by atoms with Crippen LogP contribution in [0.5, 0.6) is 0 Å². The fourth-order valence-corrected chi connectivity index (χ4v) is 2.82. The molecule has 2 heteroatoms. The molecule has 17 heavy (non-hydrogen) atoms. The Morgan fingerprint density at radius 2 is 2.12 bits per heavy atom. The van der Waals surface area contributed by atoms with E-state index >= 15 is 0 Å². The van der Waals surface area contributed by atoms with Crippen molar-refractivity contribution in [1.82, 2.24) is 4.90 Å². The van der Waals surface area contributed by atoms with Crippen molar-refractivity contribution < 1.29 is 5.11 Å². The maximum Gasteiger partial charge on any atom is 0.0586 e. The van der Waals surface area contributed by atoms with Gasteiger partial charge in [0.2, 0.25) is 0 Å². The molecule has 0 spiro atoms. The maximum atomic E-state index is 9.33. The van der Waals surface area contributed by atoms with E-state index in [9.17, 15) is 5.11 Å². The molecule has 2 atom stereocenters. The lowest BCUT2D eigenvalue weighted by Gasteiger charge is -2.29. The van der Waals surface area contributed by atoms with Crippen molar-refractivity contribution in [1.29, 1.82) is 0 Å². The van der Waals surface area contributed by atoms with Crippen LogP contribution < -0.4 is 0 Å². The molecule has 0 unspecified atom stereocenters. The molecule has 0 saturated carbocycles. The molecule has 1 fully saturated rings. The molecule has 1 aliphatic rings. The third kappa shape index (κ3) is 3.30. The Hall–Kier alpha value is -0.860. The smallest absolute Gasteiger partial charge is 0.0586 e. The van der Waals surface area contributed by atoms with Crippen molar-refractivity contribution in [3.05, 3.63) is 35.9 Å². The van der Waals surface area contributed by atoms with E-state index in [0.717, 1.165) is 19.4 Å². The summed E-state index contributed by atoms with van der Waals surface area (Å²) >= 11 is 0. The van der Waals surface area contributed by atoms with E-state index in [-0.39, 0.29) is 0 Å². The minimum absolute atomic E-state index is 0.315. The van der Waals surface area contributed by atoms with Gasteiger partial charge >= 0.3 is 0 Å². The van der Waals surface area contributed by atoms with Gasteiger partial charge in [-0.2, -0.15) is 0 Å². The molecule has 1 N–H and O–H groups in total. The molecular formula is C15H23NO. The van der Waals surface area contributed by atoms with Crippen LogP contribution >= 0.6 is 0 Å². The minimum Gasteiger partial charge on any atom is -0.395 e. The molecule has 1 aliphatic heterocycles. The largest absolute Gasteiger partial charge is 0.395 e. The number of hydrogen-bond acceptors (Lipinski definition) is 2. The molecule has 2 nitrogen and oxygen atoms in total. The summed E-state index contributed by atoms with van der Waals surface area (Å²) in [6, 6.07) is 11.6. The van der Waals surface area contributed by atoms with Gasteiger partial charge in [0.25, 0.3) is 0 Å². The van der Waals surface area contributed by atoms with Crippen molar-refractivity contribution in [2.45, 2.75) is 44.7 Å². The van der Waals surface area contributed by atoms with E-state index in [1.54, 1.807) is 0 Å². The Balaban J connectivity index is 1.83. The number of aliphatic hydroxyl groups excluding tert-OH is 1. The average molecular weight is 233 g/mol. The van der Waals surface area contributed by atoms with Crippen LogP contribution in [0.2, 0.25) is 0 Å². The van der Waals surface area contributed by atoms with Gasteiger partial charge in [-0.15, -0.1) is 0 Å². The number of aliphatic hydroxyl groups is 1. The lowest BCUT2D eigenvalue weighted by Crippen LogP contribution is -2.39. The molecule has 1 aromatic carbocycles. The Kier molecular flexibility index (Phi) is 4.57. The number of aryl methyl sites for hydroxylation is 1. The van der Waals surface area contributed by atoms with Crippen LogP contribution in [-0.2, 0) is 6.42 Å². The van der Waals surface area contributed by atoms with Gasteiger partial charge in [0.15, 0.2) is 0 Å². The second-order valence-electron chi connectivity index (χ2n) is 5.09. The van der Waals surface area contributed by atoms with Crippen LogP contribution in [0.3, 0.4) is 0 Å². The lowest BCUT2D eigenvalue weighted by molar-refractivity contribution is 0.122. The standard InChI is InChI=1S/C15H23NO/c1-13(16-11-5-8-15(16)12-17)9-10-14-6-3-2-4-7-14/h2-4,6-7,13,15,17H,5,8-12H2,1H3/t13-,15-/m1/s1. The van der Waals surface area contributed by atoms with Gasteiger partial charge in [-0.25, -0.2) is 0 Å². The van der Waals surface area contributed by atoms with E-state index in [1.807, 2.05) is 0 Å². The van der Waals surface area contributed by atoms with Crippen LogP contribution in [-0.4, -0.2) is 35.2 Å². The molecule has 0 amide bonds. The molecule has 1 heterocycles. The molecule has 0 bridgehead atoms. The first kappa shape index (κ1) is 12.6. The second kappa shape index (κ2) is 6.18. The zero-order chi connectivity index (χ0) is 12.1. The Morgan fingerprint density at radius 3 is 2.82 bits per heavy atom. The maximum absolute atomic E-state index is 9.33. The second-order valence-corrected chi connectivity index (χ2v) is 5.09. The van der Waals surface area contributed by atoms with Crippen molar-refractivity contribution in [2.75, 3.05) is 13.2 Å². The summed E-state index contributed by atoms with van der Waals surface area (Å²) in [4.78, 5) is 2.48. The van der Waals surface area contributed by atoms with Crippen molar-refractivity contribution in [3.8, 4) is 0 Å². The highest BCUT2D eigenvalue weighted by molar-refractivity contribution is 5.14. The number of rotatable bonds is 5. The zero-order valence-corrected chi connectivity index (χ0v) is 10.7. The topological polar surface area (TPSA) is 23.5 Å². The highest BCUT2D eigenvalue weighted by Gasteiger charge is 2.27. The van der Waals surface area contributed by atoms with Crippen LogP contribution in [0.1, 0.15) is 31.7 Å². The fourth-order valence-electron chi connectivity index (χ4n) is 2.82. The highest BCUT2D eigenvalue weighted by atomic mass is 16.3. The minimum atomic E-state index is 0.315. The van der Waals surface area contributed by atoms with Gasteiger partial charge in [0.05, 0.1) is 6.61 Å². The summed E-state index contributed by atoms with van der Waals surface area (Å²) in [6.07, 6.45) is 4.71. The summed E-state index contributed by atoms with van der Waals surface area (Å²) in [6.45, 7) is 3.76. The Bertz CT molecular complexity index is 325. The predicted molar refractivity (Wildman–Crippen MR) is 71.0 cm³/mol. The molecule has 0 aromatic heterocycles. The van der Waals surface area contributed by atoms with Crippen molar-refractivity contribution in [3.63, 3.8) is 0 Å². The Morgan fingerprint density at radius 1 is 1.35 bits per heavy atom. The number of likely N-dealkylation sites (tertiary alicyclic amines) is 1. The van der Waals surface area contributed by atoms with Gasteiger partial charge in [-0.1, -0.05) is 30.3 Å². The van der Waals surface area contributed by atoms with Gasteiger partial charge in [-0.05, 0) is 44.7 Å². The number of nitrogens with zero attached hydrogens (tertiary/aromatic N) is 1. The van der Waals surface area contributed by atoms with E-state index in [4.69, 9.17) is 0 Å². The van der Waals surface area contributed by atoms with Gasteiger partial charge < -0.3 is 5.11 Å². The van der Waals surface area contributed by atoms with Crippen molar-refractivity contribution >= 4 is 0 Å². The first-order valence-electron chi connectivity index (χ1n) is 6.72. The van der Waals surface area contributed by atoms with Crippen LogP contribution in [0.25, 0.3) is 0 Å². The van der Waals surface area contributed by atoms with Gasteiger partial charge in [0, 0.05) is 12.1 Å². The third-order valence-corrected chi connectivity index (χ3v) is 3.89. The first-order chi connectivity index (χ1) is 8.31. The fraction of sp³-hybridized carbons (Fsp3) is 0.600. The van der Waals surface area contributed by atoms with E-state index < -0.39 is 0 Å². The quantitative estimate of drug-likeness (QED) is 0.844. The summed E-state index contributed by atoms with van der Waals surface area (Å²) in [7, 11) is 0. The van der Waals surface area contributed by atoms with E-state index in [0.29, 0.717) is 18.7 Å². The number of benzene rings is 1. The number of hydrogen-bond donors (Lipinski definition) is 1.